The Morgan fingerprint density at radius 2 is 2.20 bits per heavy atom. The summed E-state index contributed by atoms with van der Waals surface area (Å²) >= 11 is 0. The van der Waals surface area contributed by atoms with Crippen molar-refractivity contribution in [1.82, 2.24) is 9.80 Å². The predicted octanol–water partition coefficient (Wildman–Crippen LogP) is 2.74. The second kappa shape index (κ2) is 5.79. The minimum Gasteiger partial charge on any atom is -0.465 e. The van der Waals surface area contributed by atoms with Crippen LogP contribution in [0.5, 0.6) is 0 Å². The molecule has 1 heterocycles. The molecule has 1 aliphatic rings. The molecule has 2 rings (SSSR count). The molecule has 0 radical (unpaired) electrons. The van der Waals surface area contributed by atoms with Gasteiger partial charge in [-0.3, -0.25) is 0 Å². The normalized spacial score (nSPS) is 22.6. The highest BCUT2D eigenvalue weighted by Crippen LogP contribution is 2.39. The van der Waals surface area contributed by atoms with Gasteiger partial charge in [0.05, 0.1) is 6.04 Å². The number of carboxylic acid groups (broad SMARTS) is 1. The van der Waals surface area contributed by atoms with Crippen LogP contribution in [-0.4, -0.2) is 48.2 Å². The molecule has 1 saturated heterocycles. The highest BCUT2D eigenvalue weighted by atomic mass is 19.1. The molecule has 1 aromatic rings. The van der Waals surface area contributed by atoms with Crippen molar-refractivity contribution in [1.29, 1.82) is 0 Å². The van der Waals surface area contributed by atoms with Crippen LogP contribution in [0.1, 0.15) is 23.6 Å². The number of aryl methyl sites for hydroxylation is 1. The van der Waals surface area contributed by atoms with Crippen LogP contribution in [0.2, 0.25) is 0 Å². The van der Waals surface area contributed by atoms with Crippen molar-refractivity contribution >= 4 is 6.09 Å². The molecule has 4 nitrogen and oxygen atoms in total. The fraction of sp³-hybridized carbons (Fsp3) is 0.533. The van der Waals surface area contributed by atoms with E-state index in [-0.39, 0.29) is 17.8 Å². The molecule has 1 N–H and O–H groups in total. The molecular formula is C15H21FN2O2. The summed E-state index contributed by atoms with van der Waals surface area (Å²) in [6.07, 6.45) is -0.0635. The Morgan fingerprint density at radius 1 is 1.50 bits per heavy atom. The molecule has 110 valence electrons. The first-order chi connectivity index (χ1) is 9.40. The molecular weight excluding hydrogens is 259 g/mol. The Kier molecular flexibility index (Phi) is 4.28. The van der Waals surface area contributed by atoms with Crippen LogP contribution in [0.4, 0.5) is 9.18 Å². The van der Waals surface area contributed by atoms with Crippen molar-refractivity contribution in [2.75, 3.05) is 27.2 Å². The maximum Gasteiger partial charge on any atom is 0.407 e. The summed E-state index contributed by atoms with van der Waals surface area (Å²) in [7, 11) is 3.97. The van der Waals surface area contributed by atoms with Crippen molar-refractivity contribution in [2.24, 2.45) is 5.92 Å². The van der Waals surface area contributed by atoms with Gasteiger partial charge in [0.2, 0.25) is 0 Å². The number of hydrogen-bond acceptors (Lipinski definition) is 2. The van der Waals surface area contributed by atoms with E-state index in [0.717, 1.165) is 24.1 Å². The molecule has 1 amide bonds. The van der Waals surface area contributed by atoms with Gasteiger partial charge in [-0.25, -0.2) is 9.18 Å². The van der Waals surface area contributed by atoms with E-state index in [1.54, 1.807) is 6.07 Å². The molecule has 0 unspecified atom stereocenters. The summed E-state index contributed by atoms with van der Waals surface area (Å²) in [5.74, 6) is -0.0412. The molecule has 20 heavy (non-hydrogen) atoms. The van der Waals surface area contributed by atoms with Gasteiger partial charge in [0.1, 0.15) is 5.82 Å². The molecule has 1 aliphatic heterocycles. The fourth-order valence-corrected chi connectivity index (χ4v) is 3.12. The number of carbonyl (C=O) groups is 1. The Balaban J connectivity index is 2.37. The number of benzene rings is 1. The van der Waals surface area contributed by atoms with Gasteiger partial charge in [-0.2, -0.15) is 0 Å². The third kappa shape index (κ3) is 2.93. The molecule has 0 spiro atoms. The maximum atomic E-state index is 13.3. The molecule has 2 atom stereocenters. The summed E-state index contributed by atoms with van der Waals surface area (Å²) in [6, 6.07) is 4.42. The molecule has 0 aromatic heterocycles. The van der Waals surface area contributed by atoms with Gasteiger partial charge in [-0.05, 0) is 56.6 Å². The quantitative estimate of drug-likeness (QED) is 0.926. The fourth-order valence-electron chi connectivity index (χ4n) is 3.12. The smallest absolute Gasteiger partial charge is 0.407 e. The predicted molar refractivity (Wildman–Crippen MR) is 75.3 cm³/mol. The summed E-state index contributed by atoms with van der Waals surface area (Å²) in [5, 5.41) is 9.38. The van der Waals surface area contributed by atoms with Crippen LogP contribution in [0.3, 0.4) is 0 Å². The number of nitrogens with zero attached hydrogens (tertiary/aromatic N) is 2. The largest absolute Gasteiger partial charge is 0.465 e. The number of hydrogen-bond donors (Lipinski definition) is 1. The second-order valence-electron chi connectivity index (χ2n) is 5.73. The molecule has 1 aromatic carbocycles. The van der Waals surface area contributed by atoms with E-state index < -0.39 is 6.09 Å². The van der Waals surface area contributed by atoms with Crippen LogP contribution in [0, 0.1) is 18.7 Å². The van der Waals surface area contributed by atoms with E-state index in [2.05, 4.69) is 4.90 Å². The molecule has 0 bridgehead atoms. The standard InChI is InChI=1S/C15H21FN2O2/c1-10-8-12(16)4-5-13(10)14-11(9-17(2)3)6-7-18(14)15(19)20/h4-5,8,11,14H,6-7,9H2,1-3H3,(H,19,20)/t11-,14+/m1/s1. The minimum atomic E-state index is -0.903. The SMILES string of the molecule is Cc1cc(F)ccc1[C@@H]1[C@@H](CN(C)C)CCN1C(=O)O. The van der Waals surface area contributed by atoms with Crippen molar-refractivity contribution in [3.63, 3.8) is 0 Å². The zero-order chi connectivity index (χ0) is 14.9. The number of halogens is 1. The van der Waals surface area contributed by atoms with Crippen molar-refractivity contribution in [3.05, 3.63) is 35.1 Å². The monoisotopic (exact) mass is 280 g/mol. The van der Waals surface area contributed by atoms with Gasteiger partial charge in [-0.1, -0.05) is 6.07 Å². The zero-order valence-corrected chi connectivity index (χ0v) is 12.1. The van der Waals surface area contributed by atoms with E-state index >= 15 is 0 Å². The van der Waals surface area contributed by atoms with Crippen molar-refractivity contribution in [2.45, 2.75) is 19.4 Å². The van der Waals surface area contributed by atoms with Crippen LogP contribution in [0.15, 0.2) is 18.2 Å². The summed E-state index contributed by atoms with van der Waals surface area (Å²) in [4.78, 5) is 15.0. The van der Waals surface area contributed by atoms with Gasteiger partial charge in [-0.15, -0.1) is 0 Å². The van der Waals surface area contributed by atoms with Gasteiger partial charge >= 0.3 is 6.09 Å². The van der Waals surface area contributed by atoms with E-state index in [9.17, 15) is 14.3 Å². The maximum absolute atomic E-state index is 13.3. The number of amides is 1. The lowest BCUT2D eigenvalue weighted by Crippen LogP contribution is -2.33. The Hall–Kier alpha value is -1.62. The Bertz CT molecular complexity index is 505. The second-order valence-corrected chi connectivity index (χ2v) is 5.73. The van der Waals surface area contributed by atoms with Gasteiger partial charge in [0.25, 0.3) is 0 Å². The van der Waals surface area contributed by atoms with E-state index in [1.165, 1.54) is 17.0 Å². The van der Waals surface area contributed by atoms with E-state index in [1.807, 2.05) is 21.0 Å². The lowest BCUT2D eigenvalue weighted by atomic mass is 9.90. The van der Waals surface area contributed by atoms with E-state index in [0.29, 0.717) is 6.54 Å². The van der Waals surface area contributed by atoms with Crippen molar-refractivity contribution < 1.29 is 14.3 Å². The van der Waals surface area contributed by atoms with Crippen LogP contribution < -0.4 is 0 Å². The van der Waals surface area contributed by atoms with Crippen LogP contribution in [0.25, 0.3) is 0 Å². The van der Waals surface area contributed by atoms with Gasteiger partial charge in [0, 0.05) is 13.1 Å². The lowest BCUT2D eigenvalue weighted by molar-refractivity contribution is 0.131. The topological polar surface area (TPSA) is 43.8 Å². The van der Waals surface area contributed by atoms with Crippen LogP contribution >= 0.6 is 0 Å². The first-order valence-electron chi connectivity index (χ1n) is 6.80. The summed E-state index contributed by atoms with van der Waals surface area (Å²) < 4.78 is 13.3. The molecule has 5 heteroatoms. The highest BCUT2D eigenvalue weighted by molar-refractivity contribution is 5.66. The highest BCUT2D eigenvalue weighted by Gasteiger charge is 2.38. The van der Waals surface area contributed by atoms with E-state index in [4.69, 9.17) is 0 Å². The summed E-state index contributed by atoms with van der Waals surface area (Å²) in [6.45, 7) is 3.20. The molecule has 1 fully saturated rings. The van der Waals surface area contributed by atoms with Crippen LogP contribution in [-0.2, 0) is 0 Å². The third-order valence-electron chi connectivity index (χ3n) is 3.92. The lowest BCUT2D eigenvalue weighted by Gasteiger charge is -2.29. The first-order valence-corrected chi connectivity index (χ1v) is 6.80. The zero-order valence-electron chi connectivity index (χ0n) is 12.1. The number of rotatable bonds is 3. The minimum absolute atomic E-state index is 0.185. The Labute approximate surface area is 118 Å². The van der Waals surface area contributed by atoms with Gasteiger partial charge in [0.15, 0.2) is 0 Å². The Morgan fingerprint density at radius 3 is 2.75 bits per heavy atom. The average Bonchev–Trinajstić information content (AvgIpc) is 2.72. The average molecular weight is 280 g/mol. The first kappa shape index (κ1) is 14.8. The molecule has 0 aliphatic carbocycles. The molecule has 0 saturated carbocycles. The van der Waals surface area contributed by atoms with Crippen molar-refractivity contribution in [3.8, 4) is 0 Å². The number of likely N-dealkylation sites (tertiary alicyclic amines) is 1. The summed E-state index contributed by atoms with van der Waals surface area (Å²) in [5.41, 5.74) is 1.73. The third-order valence-corrected chi connectivity index (χ3v) is 3.92. The van der Waals surface area contributed by atoms with Gasteiger partial charge < -0.3 is 14.9 Å².